The summed E-state index contributed by atoms with van der Waals surface area (Å²) in [6.45, 7) is 64.2. The smallest absolute Gasteiger partial charge is 0.332 e. The van der Waals surface area contributed by atoms with E-state index in [1.165, 1.54) is 0 Å². The van der Waals surface area contributed by atoms with Crippen LogP contribution in [0.4, 0.5) is 0 Å². The summed E-state index contributed by atoms with van der Waals surface area (Å²) in [5.41, 5.74) is 9.63. The molecule has 4 unspecified atom stereocenters. The summed E-state index contributed by atoms with van der Waals surface area (Å²) < 4.78 is 0. The van der Waals surface area contributed by atoms with Crippen molar-refractivity contribution < 1.29 is 60.0 Å². The first-order valence-electron chi connectivity index (χ1n) is 29.4. The highest BCUT2D eigenvalue weighted by molar-refractivity contribution is 5.74. The van der Waals surface area contributed by atoms with Gasteiger partial charge in [0.25, 0.3) is 0 Å². The van der Waals surface area contributed by atoms with Crippen LogP contribution in [-0.4, -0.2) is 89.1 Å². The molecule has 12 heteroatoms. The van der Waals surface area contributed by atoms with E-state index in [4.69, 9.17) is 20.4 Å². The van der Waals surface area contributed by atoms with E-state index >= 15 is 0 Å². The van der Waals surface area contributed by atoms with Gasteiger partial charge in [0.2, 0.25) is 0 Å². The van der Waals surface area contributed by atoms with Crippen LogP contribution in [-0.2, 0) is 88.2 Å². The first-order valence-corrected chi connectivity index (χ1v) is 29.4. The summed E-state index contributed by atoms with van der Waals surface area (Å²) in [5.74, 6) is -4.84. The molecule has 4 aromatic rings. The highest BCUT2D eigenvalue weighted by Gasteiger charge is 2.29. The van der Waals surface area contributed by atoms with Gasteiger partial charge >= 0.3 is 23.9 Å². The quantitative estimate of drug-likeness (QED) is 0.0306. The van der Waals surface area contributed by atoms with Crippen LogP contribution < -0.4 is 0 Å². The Bertz CT molecular complexity index is 2710. The Balaban J connectivity index is 0.00000116. The number of rotatable bonds is 24. The number of carboxylic acids is 4. The van der Waals surface area contributed by atoms with Crippen LogP contribution in [0.15, 0.2) is 174 Å². The summed E-state index contributed by atoms with van der Waals surface area (Å²) in [6, 6.07) is 23.9. The molecule has 12 nitrogen and oxygen atoms in total. The molecule has 4 rings (SSSR count). The van der Waals surface area contributed by atoms with Gasteiger partial charge in [-0.1, -0.05) is 212 Å². The van der Waals surface area contributed by atoms with E-state index in [9.17, 15) is 39.6 Å². The molecule has 8 N–H and O–H groups in total. The minimum atomic E-state index is -1.40. The number of hydrogen-bond donors (Lipinski definition) is 8. The van der Waals surface area contributed by atoms with E-state index in [1.807, 2.05) is 125 Å². The van der Waals surface area contributed by atoms with Crippen LogP contribution in [0.3, 0.4) is 0 Å². The fourth-order valence-electron chi connectivity index (χ4n) is 8.73. The van der Waals surface area contributed by atoms with Gasteiger partial charge < -0.3 is 40.9 Å². The number of aliphatic carboxylic acids is 4. The Hall–Kier alpha value is -7.48. The Morgan fingerprint density at radius 1 is 0.292 bits per heavy atom. The summed E-state index contributed by atoms with van der Waals surface area (Å²) in [6.07, 6.45) is 9.26. The zero-order chi connectivity index (χ0) is 68.5. The standard InChI is InChI=1S/4C19H26O3.CH4/c4*1-7-19(6,8-2)15-10-13(11-16(20)17(21)22)9-14(12-15)18(3,4)5;/h4*7-10,12,16,20H,1-2,11H2,3-6H3,(H,21,22);1H4. The van der Waals surface area contributed by atoms with Crippen LogP contribution in [0.1, 0.15) is 185 Å². The van der Waals surface area contributed by atoms with Gasteiger partial charge in [-0.2, -0.15) is 0 Å². The molecule has 488 valence electrons. The molecule has 0 bridgehead atoms. The number of aliphatic hydroxyl groups is 4. The molecule has 0 heterocycles. The maximum absolute atomic E-state index is 10.9. The minimum absolute atomic E-state index is 0. The van der Waals surface area contributed by atoms with Crippen molar-refractivity contribution in [3.63, 3.8) is 0 Å². The minimum Gasteiger partial charge on any atom is -0.479 e. The van der Waals surface area contributed by atoms with Crippen molar-refractivity contribution in [3.8, 4) is 0 Å². The molecule has 0 amide bonds. The van der Waals surface area contributed by atoms with Crippen LogP contribution in [0.25, 0.3) is 0 Å². The molecular weight excluding hydrogens is 1120 g/mol. The Kier molecular flexibility index (Phi) is 30.1. The molecule has 89 heavy (non-hydrogen) atoms. The van der Waals surface area contributed by atoms with E-state index in [0.29, 0.717) is 0 Å². The molecule has 0 saturated heterocycles. The number of benzene rings is 4. The van der Waals surface area contributed by atoms with Crippen molar-refractivity contribution in [1.29, 1.82) is 0 Å². The Morgan fingerprint density at radius 3 is 0.517 bits per heavy atom. The molecule has 0 aliphatic carbocycles. The van der Waals surface area contributed by atoms with Crippen molar-refractivity contribution in [1.82, 2.24) is 0 Å². The van der Waals surface area contributed by atoms with Gasteiger partial charge in [-0.05, 0) is 116 Å². The van der Waals surface area contributed by atoms with Gasteiger partial charge in [-0.15, -0.1) is 52.6 Å². The first-order chi connectivity index (χ1) is 40.1. The summed E-state index contributed by atoms with van der Waals surface area (Å²) in [5, 5.41) is 74.2. The lowest BCUT2D eigenvalue weighted by atomic mass is 9.77. The molecule has 0 aromatic heterocycles. The number of carboxylic acid groups (broad SMARTS) is 4. The average molecular weight is 1230 g/mol. The van der Waals surface area contributed by atoms with Crippen molar-refractivity contribution in [3.05, 3.63) is 241 Å². The highest BCUT2D eigenvalue weighted by atomic mass is 16.4. The number of aliphatic hydroxyl groups excluding tert-OH is 4. The zero-order valence-electron chi connectivity index (χ0n) is 55.6. The van der Waals surface area contributed by atoms with Crippen LogP contribution in [0, 0.1) is 0 Å². The molecule has 0 aliphatic heterocycles. The number of allylic oxidation sites excluding steroid dienone is 8. The fourth-order valence-corrected chi connectivity index (χ4v) is 8.73. The SMILES string of the molecule is C.C=CC(C)(C=C)c1cc(CC(O)C(=O)O)cc(C(C)(C)C)c1.C=CC(C)(C=C)c1cc(CC(O)C(=O)O)cc(C(C)(C)C)c1.C=CC(C)(C=C)c1cc(CC(O)C(=O)O)cc(C(C)(C)C)c1.C=CC(C)(C=C)c1cc(CC(O)C(=O)O)cc(C(C)(C)C)c1. The highest BCUT2D eigenvalue weighted by Crippen LogP contribution is 2.37. The molecule has 0 aliphatic rings. The van der Waals surface area contributed by atoms with Gasteiger partial charge in [-0.25, -0.2) is 19.2 Å². The second kappa shape index (κ2) is 32.8. The van der Waals surface area contributed by atoms with Gasteiger partial charge in [0.1, 0.15) is 0 Å². The molecule has 4 atom stereocenters. The second-order valence-corrected chi connectivity index (χ2v) is 27.7. The second-order valence-electron chi connectivity index (χ2n) is 27.7. The first kappa shape index (κ1) is 81.5. The molecule has 0 radical (unpaired) electrons. The third kappa shape index (κ3) is 23.8. The lowest BCUT2D eigenvalue weighted by Gasteiger charge is -2.27. The number of hydrogen-bond acceptors (Lipinski definition) is 8. The predicted molar refractivity (Wildman–Crippen MR) is 368 cm³/mol. The molecule has 0 saturated carbocycles. The maximum Gasteiger partial charge on any atom is 0.332 e. The maximum atomic E-state index is 10.9. The van der Waals surface area contributed by atoms with Gasteiger partial charge in [0.15, 0.2) is 24.4 Å². The van der Waals surface area contributed by atoms with E-state index in [2.05, 4.69) is 160 Å². The van der Waals surface area contributed by atoms with Gasteiger partial charge in [0.05, 0.1) is 0 Å². The molecule has 4 aromatic carbocycles. The lowest BCUT2D eigenvalue weighted by Crippen LogP contribution is -2.24. The Labute approximate surface area is 533 Å². The zero-order valence-corrected chi connectivity index (χ0v) is 55.6. The van der Waals surface area contributed by atoms with E-state index in [1.54, 1.807) is 0 Å². The molecule has 0 fully saturated rings. The third-order valence-electron chi connectivity index (χ3n) is 16.2. The van der Waals surface area contributed by atoms with E-state index in [-0.39, 0.29) is 54.8 Å². The normalized spacial score (nSPS) is 13.3. The molecular formula is C77H108O12. The molecule has 0 spiro atoms. The lowest BCUT2D eigenvalue weighted by molar-refractivity contribution is -0.147. The average Bonchev–Trinajstić information content (AvgIpc) is 2.62. The predicted octanol–water partition coefficient (Wildman–Crippen LogP) is 15.0. The van der Waals surface area contributed by atoms with Crippen molar-refractivity contribution >= 4 is 23.9 Å². The fraction of sp³-hybridized carbons (Fsp3) is 0.429. The summed E-state index contributed by atoms with van der Waals surface area (Å²) in [7, 11) is 0. The van der Waals surface area contributed by atoms with Gasteiger partial charge in [-0.3, -0.25) is 0 Å². The largest absolute Gasteiger partial charge is 0.479 e. The van der Waals surface area contributed by atoms with E-state index in [0.717, 1.165) is 66.8 Å². The Morgan fingerprint density at radius 2 is 0.416 bits per heavy atom. The summed E-state index contributed by atoms with van der Waals surface area (Å²) >= 11 is 0. The van der Waals surface area contributed by atoms with Crippen LogP contribution in [0.2, 0.25) is 0 Å². The number of carbonyl (C=O) groups is 4. The van der Waals surface area contributed by atoms with Crippen molar-refractivity contribution in [2.45, 2.75) is 212 Å². The van der Waals surface area contributed by atoms with Gasteiger partial charge in [0, 0.05) is 47.3 Å². The van der Waals surface area contributed by atoms with Crippen molar-refractivity contribution in [2.75, 3.05) is 0 Å². The van der Waals surface area contributed by atoms with E-state index < -0.39 is 70.0 Å². The monoisotopic (exact) mass is 1220 g/mol. The summed E-state index contributed by atoms with van der Waals surface area (Å²) in [4.78, 5) is 43.6. The van der Waals surface area contributed by atoms with Crippen molar-refractivity contribution in [2.24, 2.45) is 0 Å². The van der Waals surface area contributed by atoms with Crippen LogP contribution in [0.5, 0.6) is 0 Å². The topological polar surface area (TPSA) is 230 Å². The van der Waals surface area contributed by atoms with Crippen LogP contribution >= 0.6 is 0 Å². The third-order valence-corrected chi connectivity index (χ3v) is 16.2.